The van der Waals surface area contributed by atoms with Crippen molar-refractivity contribution in [1.29, 1.82) is 0 Å². The van der Waals surface area contributed by atoms with Gasteiger partial charge in [-0.25, -0.2) is 0 Å². The highest BCUT2D eigenvalue weighted by molar-refractivity contribution is 7.99. The molecule has 20 heavy (non-hydrogen) atoms. The molecule has 1 aromatic carbocycles. The van der Waals surface area contributed by atoms with Gasteiger partial charge in [0.25, 0.3) is 0 Å². The Morgan fingerprint density at radius 3 is 3.10 bits per heavy atom. The highest BCUT2D eigenvalue weighted by Gasteiger charge is 2.24. The van der Waals surface area contributed by atoms with Gasteiger partial charge in [-0.2, -0.15) is 4.98 Å². The van der Waals surface area contributed by atoms with Crippen LogP contribution in [0.15, 0.2) is 28.8 Å². The first-order valence-electron chi connectivity index (χ1n) is 6.52. The fourth-order valence-corrected chi connectivity index (χ4v) is 3.18. The molecule has 1 N–H and O–H groups in total. The molecule has 0 saturated heterocycles. The number of aryl methyl sites for hydroxylation is 2. The summed E-state index contributed by atoms with van der Waals surface area (Å²) < 4.78 is 5.07. The van der Waals surface area contributed by atoms with E-state index in [-0.39, 0.29) is 11.2 Å². The number of carbonyl (C=O) groups excluding carboxylic acids is 1. The Balaban J connectivity index is 1.65. The van der Waals surface area contributed by atoms with Gasteiger partial charge in [0, 0.05) is 5.69 Å². The second-order valence-electron chi connectivity index (χ2n) is 4.72. The molecule has 0 fully saturated rings. The van der Waals surface area contributed by atoms with E-state index in [2.05, 4.69) is 21.5 Å². The van der Waals surface area contributed by atoms with Gasteiger partial charge in [0.05, 0.1) is 11.0 Å². The van der Waals surface area contributed by atoms with Crippen LogP contribution in [0.5, 0.6) is 0 Å². The van der Waals surface area contributed by atoms with Gasteiger partial charge in [0.15, 0.2) is 5.82 Å². The third-order valence-electron chi connectivity index (χ3n) is 3.22. The molecule has 2 heterocycles. The molecule has 5 nitrogen and oxygen atoms in total. The number of hydrogen-bond acceptors (Lipinski definition) is 5. The van der Waals surface area contributed by atoms with Crippen LogP contribution in [0, 0.1) is 6.92 Å². The Kier molecular flexibility index (Phi) is 3.73. The van der Waals surface area contributed by atoms with Crippen molar-refractivity contribution >= 4 is 23.4 Å². The van der Waals surface area contributed by atoms with Crippen LogP contribution in [0.4, 0.5) is 5.69 Å². The Hall–Kier alpha value is -1.82. The Bertz CT molecular complexity index is 626. The van der Waals surface area contributed by atoms with Crippen LogP contribution in [0.1, 0.15) is 23.7 Å². The molecule has 0 radical (unpaired) electrons. The minimum absolute atomic E-state index is 0.0520. The van der Waals surface area contributed by atoms with Crippen molar-refractivity contribution in [1.82, 2.24) is 10.1 Å². The van der Waals surface area contributed by atoms with E-state index in [9.17, 15) is 4.79 Å². The second-order valence-corrected chi connectivity index (χ2v) is 5.91. The lowest BCUT2D eigenvalue weighted by atomic mass is 10.1. The molecule has 0 bridgehead atoms. The average molecular weight is 289 g/mol. The average Bonchev–Trinajstić information content (AvgIpc) is 2.78. The number of amides is 1. The quantitative estimate of drug-likeness (QED) is 0.940. The van der Waals surface area contributed by atoms with E-state index in [0.717, 1.165) is 18.5 Å². The minimum Gasteiger partial charge on any atom is -0.338 e. The van der Waals surface area contributed by atoms with Crippen LogP contribution < -0.4 is 5.32 Å². The standard InChI is InChI=1S/C14H15N3O2S/c1-9-15-13(19-17-9)8-20-12-7-6-10-4-2-3-5-11(10)16-14(12)18/h2-5,12H,6-8H2,1H3,(H,16,18)/t12-/m0/s1. The fourth-order valence-electron chi connectivity index (χ4n) is 2.22. The zero-order valence-electron chi connectivity index (χ0n) is 11.1. The van der Waals surface area contributed by atoms with Gasteiger partial charge >= 0.3 is 0 Å². The number of rotatable bonds is 3. The molecule has 2 aromatic rings. The number of anilines is 1. The number of nitrogens with zero attached hydrogens (tertiary/aromatic N) is 2. The molecule has 3 rings (SSSR count). The van der Waals surface area contributed by atoms with E-state index in [0.29, 0.717) is 17.5 Å². The number of aromatic nitrogens is 2. The van der Waals surface area contributed by atoms with E-state index in [1.54, 1.807) is 18.7 Å². The third-order valence-corrected chi connectivity index (χ3v) is 4.49. The van der Waals surface area contributed by atoms with Gasteiger partial charge in [-0.05, 0) is 31.4 Å². The highest BCUT2D eigenvalue weighted by Crippen LogP contribution is 2.28. The molecule has 0 unspecified atom stereocenters. The molecule has 6 heteroatoms. The Labute approximate surface area is 121 Å². The number of thioether (sulfide) groups is 1. The minimum atomic E-state index is -0.0883. The number of benzene rings is 1. The lowest BCUT2D eigenvalue weighted by molar-refractivity contribution is -0.115. The first-order chi connectivity index (χ1) is 9.72. The number of para-hydroxylation sites is 1. The molecule has 1 aliphatic heterocycles. The summed E-state index contributed by atoms with van der Waals surface area (Å²) >= 11 is 1.55. The van der Waals surface area contributed by atoms with E-state index >= 15 is 0 Å². The van der Waals surface area contributed by atoms with Gasteiger partial charge < -0.3 is 9.84 Å². The van der Waals surface area contributed by atoms with Crippen molar-refractivity contribution in [3.63, 3.8) is 0 Å². The predicted molar refractivity (Wildman–Crippen MR) is 77.5 cm³/mol. The van der Waals surface area contributed by atoms with E-state index in [1.807, 2.05) is 18.2 Å². The maximum atomic E-state index is 12.2. The topological polar surface area (TPSA) is 68.0 Å². The first-order valence-corrected chi connectivity index (χ1v) is 7.57. The van der Waals surface area contributed by atoms with E-state index in [4.69, 9.17) is 4.52 Å². The SMILES string of the molecule is Cc1noc(CS[C@H]2CCc3ccccc3NC2=O)n1. The summed E-state index contributed by atoms with van der Waals surface area (Å²) in [6, 6.07) is 7.94. The van der Waals surface area contributed by atoms with Gasteiger partial charge in [-0.3, -0.25) is 4.79 Å². The number of carbonyl (C=O) groups is 1. The molecule has 104 valence electrons. The summed E-state index contributed by atoms with van der Waals surface area (Å²) in [4.78, 5) is 16.4. The molecule has 1 amide bonds. The summed E-state index contributed by atoms with van der Waals surface area (Å²) in [5.74, 6) is 1.81. The van der Waals surface area contributed by atoms with Crippen molar-refractivity contribution in [2.45, 2.75) is 30.8 Å². The zero-order chi connectivity index (χ0) is 13.9. The van der Waals surface area contributed by atoms with Crippen molar-refractivity contribution in [3.8, 4) is 0 Å². The van der Waals surface area contributed by atoms with Gasteiger partial charge in [-0.15, -0.1) is 11.8 Å². The largest absolute Gasteiger partial charge is 0.338 e. The molecule has 1 aliphatic rings. The number of fused-ring (bicyclic) bond motifs is 1. The number of hydrogen-bond donors (Lipinski definition) is 1. The zero-order valence-corrected chi connectivity index (χ0v) is 11.9. The normalized spacial score (nSPS) is 18.2. The molecule has 1 atom stereocenters. The number of nitrogens with one attached hydrogen (secondary N) is 1. The Morgan fingerprint density at radius 1 is 1.45 bits per heavy atom. The van der Waals surface area contributed by atoms with Crippen molar-refractivity contribution in [3.05, 3.63) is 41.5 Å². The maximum absolute atomic E-state index is 12.2. The van der Waals surface area contributed by atoms with Crippen LogP contribution >= 0.6 is 11.8 Å². The molecule has 0 aliphatic carbocycles. The van der Waals surface area contributed by atoms with Crippen LogP contribution in [0.25, 0.3) is 0 Å². The summed E-state index contributed by atoms with van der Waals surface area (Å²) in [7, 11) is 0. The lowest BCUT2D eigenvalue weighted by Gasteiger charge is -2.11. The van der Waals surface area contributed by atoms with E-state index < -0.39 is 0 Å². The van der Waals surface area contributed by atoms with Crippen LogP contribution in [-0.2, 0) is 17.0 Å². The van der Waals surface area contributed by atoms with Gasteiger partial charge in [0.1, 0.15) is 0 Å². The van der Waals surface area contributed by atoms with Crippen molar-refractivity contribution < 1.29 is 9.32 Å². The Morgan fingerprint density at radius 2 is 2.30 bits per heavy atom. The fraction of sp³-hybridized carbons (Fsp3) is 0.357. The van der Waals surface area contributed by atoms with Crippen molar-refractivity contribution in [2.75, 3.05) is 5.32 Å². The predicted octanol–water partition coefficient (Wildman–Crippen LogP) is 2.56. The first kappa shape index (κ1) is 13.2. The maximum Gasteiger partial charge on any atom is 0.237 e. The molecule has 1 aromatic heterocycles. The molecular formula is C14H15N3O2S. The van der Waals surface area contributed by atoms with E-state index in [1.165, 1.54) is 5.56 Å². The molecular weight excluding hydrogens is 274 g/mol. The summed E-state index contributed by atoms with van der Waals surface area (Å²) in [5, 5.41) is 6.65. The lowest BCUT2D eigenvalue weighted by Crippen LogP contribution is -2.23. The summed E-state index contributed by atoms with van der Waals surface area (Å²) in [6.07, 6.45) is 1.72. The van der Waals surface area contributed by atoms with Crippen molar-refractivity contribution in [2.24, 2.45) is 0 Å². The van der Waals surface area contributed by atoms with Crippen LogP contribution in [-0.4, -0.2) is 21.3 Å². The molecule has 0 spiro atoms. The summed E-state index contributed by atoms with van der Waals surface area (Å²) in [6.45, 7) is 1.78. The van der Waals surface area contributed by atoms with Gasteiger partial charge in [-0.1, -0.05) is 23.4 Å². The second kappa shape index (κ2) is 5.66. The third kappa shape index (κ3) is 2.85. The smallest absolute Gasteiger partial charge is 0.237 e. The highest BCUT2D eigenvalue weighted by atomic mass is 32.2. The van der Waals surface area contributed by atoms with Crippen LogP contribution in [0.2, 0.25) is 0 Å². The van der Waals surface area contributed by atoms with Crippen LogP contribution in [0.3, 0.4) is 0 Å². The molecule has 0 saturated carbocycles. The monoisotopic (exact) mass is 289 g/mol. The van der Waals surface area contributed by atoms with Gasteiger partial charge in [0.2, 0.25) is 11.8 Å². The summed E-state index contributed by atoms with van der Waals surface area (Å²) in [5.41, 5.74) is 2.12.